The summed E-state index contributed by atoms with van der Waals surface area (Å²) in [7, 11) is 0. The van der Waals surface area contributed by atoms with Crippen LogP contribution in [-0.4, -0.2) is 23.2 Å². The van der Waals surface area contributed by atoms with E-state index in [4.69, 9.17) is 0 Å². The number of hydrogen-bond donors (Lipinski definition) is 1. The fourth-order valence-corrected chi connectivity index (χ4v) is 1.41. The molecule has 0 unspecified atom stereocenters. The Labute approximate surface area is 78.0 Å². The molecule has 1 saturated heterocycles. The molecule has 1 fully saturated rings. The van der Waals surface area contributed by atoms with Gasteiger partial charge in [0.1, 0.15) is 5.82 Å². The molecule has 0 radical (unpaired) electrons. The van der Waals surface area contributed by atoms with Crippen molar-refractivity contribution < 1.29 is 5.11 Å². The van der Waals surface area contributed by atoms with Crippen molar-refractivity contribution in [1.82, 2.24) is 4.98 Å². The summed E-state index contributed by atoms with van der Waals surface area (Å²) in [4.78, 5) is 6.47. The standard InChI is InChI=1S/C10H14N2O/c1-8(13)9-3-4-11-10(7-9)12-5-2-6-12/h3-4,7-8,13H,2,5-6H2,1H3/t8-/m1/s1. The van der Waals surface area contributed by atoms with Crippen LogP contribution in [0.25, 0.3) is 0 Å². The van der Waals surface area contributed by atoms with Crippen LogP contribution in [0.5, 0.6) is 0 Å². The van der Waals surface area contributed by atoms with Crippen molar-refractivity contribution in [1.29, 1.82) is 0 Å². The summed E-state index contributed by atoms with van der Waals surface area (Å²) in [5.41, 5.74) is 0.942. The number of anilines is 1. The predicted molar refractivity (Wildman–Crippen MR) is 51.7 cm³/mol. The number of aliphatic hydroxyl groups is 1. The molecule has 1 aromatic rings. The molecule has 3 heteroatoms. The molecule has 70 valence electrons. The molecular weight excluding hydrogens is 164 g/mol. The lowest BCUT2D eigenvalue weighted by Gasteiger charge is -2.32. The third-order valence-corrected chi connectivity index (χ3v) is 2.43. The zero-order chi connectivity index (χ0) is 9.26. The first-order valence-corrected chi connectivity index (χ1v) is 4.66. The van der Waals surface area contributed by atoms with Crippen LogP contribution in [0.4, 0.5) is 5.82 Å². The molecule has 0 bridgehead atoms. The molecule has 1 N–H and O–H groups in total. The van der Waals surface area contributed by atoms with E-state index in [0.717, 1.165) is 24.5 Å². The minimum absolute atomic E-state index is 0.400. The van der Waals surface area contributed by atoms with Gasteiger partial charge < -0.3 is 10.0 Å². The summed E-state index contributed by atoms with van der Waals surface area (Å²) in [6, 6.07) is 3.82. The molecule has 0 amide bonds. The molecule has 3 nitrogen and oxygen atoms in total. The van der Waals surface area contributed by atoms with Crippen molar-refractivity contribution >= 4 is 5.82 Å². The van der Waals surface area contributed by atoms with Gasteiger partial charge >= 0.3 is 0 Å². The molecule has 0 aliphatic carbocycles. The van der Waals surface area contributed by atoms with Crippen LogP contribution in [0.1, 0.15) is 25.0 Å². The molecule has 2 rings (SSSR count). The third-order valence-electron chi connectivity index (χ3n) is 2.43. The summed E-state index contributed by atoms with van der Waals surface area (Å²) in [5.74, 6) is 0.990. The van der Waals surface area contributed by atoms with Gasteiger partial charge in [-0.15, -0.1) is 0 Å². The number of rotatable bonds is 2. The zero-order valence-electron chi connectivity index (χ0n) is 7.77. The topological polar surface area (TPSA) is 36.4 Å². The molecule has 2 heterocycles. The van der Waals surface area contributed by atoms with Crippen LogP contribution < -0.4 is 4.90 Å². The lowest BCUT2D eigenvalue weighted by Crippen LogP contribution is -2.37. The lowest BCUT2D eigenvalue weighted by atomic mass is 10.1. The largest absolute Gasteiger partial charge is 0.389 e. The average molecular weight is 178 g/mol. The van der Waals surface area contributed by atoms with Gasteiger partial charge in [0.25, 0.3) is 0 Å². The van der Waals surface area contributed by atoms with Crippen molar-refractivity contribution in [2.75, 3.05) is 18.0 Å². The van der Waals surface area contributed by atoms with Crippen molar-refractivity contribution in [3.8, 4) is 0 Å². The molecule has 1 aliphatic heterocycles. The highest BCUT2D eigenvalue weighted by molar-refractivity contribution is 5.43. The Bertz CT molecular complexity index is 295. The van der Waals surface area contributed by atoms with Gasteiger partial charge in [0.2, 0.25) is 0 Å². The molecule has 1 aromatic heterocycles. The van der Waals surface area contributed by atoms with E-state index in [9.17, 15) is 5.11 Å². The SMILES string of the molecule is C[C@@H](O)c1ccnc(N2CCC2)c1. The zero-order valence-corrected chi connectivity index (χ0v) is 7.77. The molecule has 0 aromatic carbocycles. The van der Waals surface area contributed by atoms with Crippen LogP contribution in [0.2, 0.25) is 0 Å². The second-order valence-corrected chi connectivity index (χ2v) is 3.46. The van der Waals surface area contributed by atoms with E-state index in [1.165, 1.54) is 6.42 Å². The Morgan fingerprint density at radius 1 is 1.54 bits per heavy atom. The van der Waals surface area contributed by atoms with Crippen LogP contribution in [0, 0.1) is 0 Å². The van der Waals surface area contributed by atoms with Crippen LogP contribution in [-0.2, 0) is 0 Å². The number of aliphatic hydroxyl groups excluding tert-OH is 1. The molecule has 0 spiro atoms. The fraction of sp³-hybridized carbons (Fsp3) is 0.500. The minimum atomic E-state index is -0.400. The van der Waals surface area contributed by atoms with Crippen LogP contribution in [0.15, 0.2) is 18.3 Å². The van der Waals surface area contributed by atoms with Crippen molar-refractivity contribution in [2.24, 2.45) is 0 Å². The highest BCUT2D eigenvalue weighted by Gasteiger charge is 2.16. The van der Waals surface area contributed by atoms with Gasteiger partial charge in [-0.3, -0.25) is 0 Å². The van der Waals surface area contributed by atoms with Crippen LogP contribution in [0.3, 0.4) is 0 Å². The normalized spacial score (nSPS) is 18.2. The van der Waals surface area contributed by atoms with Crippen molar-refractivity contribution in [3.05, 3.63) is 23.9 Å². The van der Waals surface area contributed by atoms with Crippen LogP contribution >= 0.6 is 0 Å². The van der Waals surface area contributed by atoms with E-state index in [1.807, 2.05) is 12.1 Å². The number of pyridine rings is 1. The minimum Gasteiger partial charge on any atom is -0.389 e. The van der Waals surface area contributed by atoms with Gasteiger partial charge in [-0.25, -0.2) is 4.98 Å². The Kier molecular flexibility index (Phi) is 2.19. The number of nitrogens with zero attached hydrogens (tertiary/aromatic N) is 2. The Morgan fingerprint density at radius 3 is 2.85 bits per heavy atom. The summed E-state index contributed by atoms with van der Waals surface area (Å²) in [6.07, 6.45) is 2.61. The van der Waals surface area contributed by atoms with Gasteiger partial charge in [-0.1, -0.05) is 0 Å². The van der Waals surface area contributed by atoms with E-state index >= 15 is 0 Å². The number of hydrogen-bond acceptors (Lipinski definition) is 3. The molecule has 13 heavy (non-hydrogen) atoms. The van der Waals surface area contributed by atoms with Gasteiger partial charge in [0.15, 0.2) is 0 Å². The van der Waals surface area contributed by atoms with E-state index < -0.39 is 6.10 Å². The first-order chi connectivity index (χ1) is 6.27. The summed E-state index contributed by atoms with van der Waals surface area (Å²) in [5, 5.41) is 9.37. The molecule has 1 atom stereocenters. The highest BCUT2D eigenvalue weighted by atomic mass is 16.3. The van der Waals surface area contributed by atoms with E-state index in [-0.39, 0.29) is 0 Å². The maximum absolute atomic E-state index is 9.37. The third kappa shape index (κ3) is 1.65. The van der Waals surface area contributed by atoms with Crippen molar-refractivity contribution in [2.45, 2.75) is 19.4 Å². The summed E-state index contributed by atoms with van der Waals surface area (Å²) in [6.45, 7) is 3.96. The smallest absolute Gasteiger partial charge is 0.128 e. The average Bonchev–Trinajstić information content (AvgIpc) is 2.01. The molecule has 0 saturated carbocycles. The highest BCUT2D eigenvalue weighted by Crippen LogP contribution is 2.21. The lowest BCUT2D eigenvalue weighted by molar-refractivity contribution is 0.199. The Balaban J connectivity index is 2.21. The van der Waals surface area contributed by atoms with Crippen molar-refractivity contribution in [3.63, 3.8) is 0 Å². The summed E-state index contributed by atoms with van der Waals surface area (Å²) < 4.78 is 0. The van der Waals surface area contributed by atoms with E-state index in [2.05, 4.69) is 9.88 Å². The monoisotopic (exact) mass is 178 g/mol. The second kappa shape index (κ2) is 3.34. The number of aromatic nitrogens is 1. The molecule has 1 aliphatic rings. The van der Waals surface area contributed by atoms with E-state index in [0.29, 0.717) is 0 Å². The second-order valence-electron chi connectivity index (χ2n) is 3.46. The quantitative estimate of drug-likeness (QED) is 0.742. The van der Waals surface area contributed by atoms with Gasteiger partial charge in [-0.2, -0.15) is 0 Å². The van der Waals surface area contributed by atoms with Gasteiger partial charge in [-0.05, 0) is 31.0 Å². The summed E-state index contributed by atoms with van der Waals surface area (Å²) >= 11 is 0. The first kappa shape index (κ1) is 8.51. The predicted octanol–water partition coefficient (Wildman–Crippen LogP) is 1.34. The Morgan fingerprint density at radius 2 is 2.31 bits per heavy atom. The van der Waals surface area contributed by atoms with E-state index in [1.54, 1.807) is 13.1 Å². The maximum atomic E-state index is 9.37. The first-order valence-electron chi connectivity index (χ1n) is 4.66. The van der Waals surface area contributed by atoms with Gasteiger partial charge in [0, 0.05) is 19.3 Å². The fourth-order valence-electron chi connectivity index (χ4n) is 1.41. The molecular formula is C10H14N2O. The maximum Gasteiger partial charge on any atom is 0.128 e. The van der Waals surface area contributed by atoms with Gasteiger partial charge in [0.05, 0.1) is 6.10 Å². The Hall–Kier alpha value is -1.09.